The van der Waals surface area contributed by atoms with Gasteiger partial charge in [-0.25, -0.2) is 8.42 Å². The van der Waals surface area contributed by atoms with E-state index in [4.69, 9.17) is 9.47 Å². The van der Waals surface area contributed by atoms with Gasteiger partial charge in [0.05, 0.1) is 12.9 Å². The number of ether oxygens (including phenoxy) is 2. The van der Waals surface area contributed by atoms with Crippen LogP contribution in [0.25, 0.3) is 10.8 Å². The number of fused-ring (bicyclic) bond motifs is 2. The predicted octanol–water partition coefficient (Wildman–Crippen LogP) is 2.43. The highest BCUT2D eigenvalue weighted by Gasteiger charge is 2.34. The van der Waals surface area contributed by atoms with Gasteiger partial charge in [0.2, 0.25) is 0 Å². The van der Waals surface area contributed by atoms with Crippen molar-refractivity contribution in [2.75, 3.05) is 26.0 Å². The number of methoxy groups -OCH3 is 1. The third-order valence-corrected chi connectivity index (χ3v) is 5.82. The Morgan fingerprint density at radius 3 is 2.64 bits per heavy atom. The number of rotatable bonds is 3. The summed E-state index contributed by atoms with van der Waals surface area (Å²) in [6.45, 7) is 1.33. The van der Waals surface area contributed by atoms with Crippen LogP contribution in [-0.2, 0) is 10.0 Å². The number of hydrogen-bond acceptors (Lipinski definition) is 5. The third-order valence-electron chi connectivity index (χ3n) is 4.66. The van der Waals surface area contributed by atoms with Crippen LogP contribution < -0.4 is 9.47 Å². The minimum Gasteiger partial charge on any atom is -0.497 e. The molecule has 0 amide bonds. The van der Waals surface area contributed by atoms with Crippen molar-refractivity contribution in [2.24, 2.45) is 4.40 Å². The van der Waals surface area contributed by atoms with Crippen LogP contribution in [0.15, 0.2) is 40.8 Å². The fourth-order valence-corrected chi connectivity index (χ4v) is 4.41. The lowest BCUT2D eigenvalue weighted by atomic mass is 10.1. The summed E-state index contributed by atoms with van der Waals surface area (Å²) >= 11 is 0. The van der Waals surface area contributed by atoms with Crippen molar-refractivity contribution in [3.63, 3.8) is 0 Å². The average molecular weight is 360 g/mol. The molecular formula is C18H20N2O4S. The standard InChI is InChI=1S/C18H20N2O4S/c1-23-15-6-4-13-5-7-16(12-14(13)11-15)24-17-3-2-8-20-9-10-25(21,22)19-18(17)20/h4-7,11-12,17H,2-3,8-10H2,1H3. The van der Waals surface area contributed by atoms with E-state index in [1.807, 2.05) is 41.3 Å². The molecule has 1 saturated heterocycles. The molecular weight excluding hydrogens is 340 g/mol. The SMILES string of the molecule is COc1ccc2ccc(OC3CCCN4CCS(=O)(=O)N=C34)cc2c1. The van der Waals surface area contributed by atoms with Crippen LogP contribution in [0.4, 0.5) is 0 Å². The van der Waals surface area contributed by atoms with Gasteiger partial charge in [-0.1, -0.05) is 12.1 Å². The normalized spacial score (nSPS) is 22.2. The van der Waals surface area contributed by atoms with E-state index in [0.29, 0.717) is 18.1 Å². The molecule has 4 rings (SSSR count). The van der Waals surface area contributed by atoms with Gasteiger partial charge in [-0.15, -0.1) is 4.40 Å². The Labute approximate surface area is 147 Å². The molecule has 1 unspecified atom stereocenters. The fraction of sp³-hybridized carbons (Fsp3) is 0.389. The number of hydrogen-bond donors (Lipinski definition) is 0. The van der Waals surface area contributed by atoms with Gasteiger partial charge in [-0.2, -0.15) is 0 Å². The van der Waals surface area contributed by atoms with Crippen LogP contribution in [0.3, 0.4) is 0 Å². The van der Waals surface area contributed by atoms with Crippen LogP contribution >= 0.6 is 0 Å². The molecule has 0 spiro atoms. The molecule has 25 heavy (non-hydrogen) atoms. The van der Waals surface area contributed by atoms with Crippen molar-refractivity contribution >= 4 is 26.6 Å². The third kappa shape index (κ3) is 3.28. The van der Waals surface area contributed by atoms with Gasteiger partial charge in [0.1, 0.15) is 11.5 Å². The zero-order valence-corrected chi connectivity index (χ0v) is 14.8. The van der Waals surface area contributed by atoms with Crippen molar-refractivity contribution in [1.29, 1.82) is 0 Å². The minimum atomic E-state index is -3.37. The second kappa shape index (κ2) is 6.22. The molecule has 0 aliphatic carbocycles. The Balaban J connectivity index is 1.64. The minimum absolute atomic E-state index is 0.0823. The zero-order chi connectivity index (χ0) is 17.4. The van der Waals surface area contributed by atoms with Crippen LogP contribution in [0.1, 0.15) is 12.8 Å². The van der Waals surface area contributed by atoms with Crippen molar-refractivity contribution in [3.05, 3.63) is 36.4 Å². The lowest BCUT2D eigenvalue weighted by molar-refractivity contribution is 0.201. The first-order valence-electron chi connectivity index (χ1n) is 8.36. The highest BCUT2D eigenvalue weighted by Crippen LogP contribution is 2.28. The molecule has 6 nitrogen and oxygen atoms in total. The molecule has 0 saturated carbocycles. The maximum Gasteiger partial charge on any atom is 0.256 e. The number of amidine groups is 1. The topological polar surface area (TPSA) is 68.2 Å². The maximum atomic E-state index is 11.9. The summed E-state index contributed by atoms with van der Waals surface area (Å²) in [6.07, 6.45) is 1.40. The molecule has 2 aliphatic rings. The molecule has 2 aliphatic heterocycles. The summed E-state index contributed by atoms with van der Waals surface area (Å²) in [4.78, 5) is 2.03. The van der Waals surface area contributed by atoms with Crippen LogP contribution in [0.5, 0.6) is 11.5 Å². The van der Waals surface area contributed by atoms with Gasteiger partial charge in [-0.3, -0.25) is 0 Å². The molecule has 2 heterocycles. The van der Waals surface area contributed by atoms with E-state index in [1.54, 1.807) is 7.11 Å². The monoisotopic (exact) mass is 360 g/mol. The Morgan fingerprint density at radius 1 is 1.08 bits per heavy atom. The van der Waals surface area contributed by atoms with Crippen molar-refractivity contribution in [2.45, 2.75) is 18.9 Å². The Morgan fingerprint density at radius 2 is 1.84 bits per heavy atom. The summed E-state index contributed by atoms with van der Waals surface area (Å²) in [6, 6.07) is 11.7. The lowest BCUT2D eigenvalue weighted by Gasteiger charge is -2.37. The largest absolute Gasteiger partial charge is 0.497 e. The molecule has 2 aromatic carbocycles. The molecule has 0 N–H and O–H groups in total. The lowest BCUT2D eigenvalue weighted by Crippen LogP contribution is -2.51. The van der Waals surface area contributed by atoms with Gasteiger partial charge >= 0.3 is 0 Å². The van der Waals surface area contributed by atoms with Crippen molar-refractivity contribution in [3.8, 4) is 11.5 Å². The highest BCUT2D eigenvalue weighted by atomic mass is 32.2. The first-order valence-corrected chi connectivity index (χ1v) is 9.97. The summed E-state index contributed by atoms with van der Waals surface area (Å²) < 4.78 is 39.1. The zero-order valence-electron chi connectivity index (χ0n) is 14.0. The van der Waals surface area contributed by atoms with Crippen LogP contribution in [0.2, 0.25) is 0 Å². The van der Waals surface area contributed by atoms with E-state index in [1.165, 1.54) is 0 Å². The molecule has 0 aromatic heterocycles. The second-order valence-electron chi connectivity index (χ2n) is 6.35. The van der Waals surface area contributed by atoms with Gasteiger partial charge < -0.3 is 14.4 Å². The number of nitrogens with zero attached hydrogens (tertiary/aromatic N) is 2. The summed E-state index contributed by atoms with van der Waals surface area (Å²) in [5, 5.41) is 2.11. The maximum absolute atomic E-state index is 11.9. The van der Waals surface area contributed by atoms with Crippen molar-refractivity contribution in [1.82, 2.24) is 4.90 Å². The van der Waals surface area contributed by atoms with Gasteiger partial charge in [-0.05, 0) is 47.9 Å². The quantitative estimate of drug-likeness (QED) is 0.841. The molecule has 0 bridgehead atoms. The van der Waals surface area contributed by atoms with E-state index >= 15 is 0 Å². The number of piperidine rings is 1. The Bertz CT molecular complexity index is 939. The smallest absolute Gasteiger partial charge is 0.256 e. The van der Waals surface area contributed by atoms with E-state index in [0.717, 1.165) is 35.9 Å². The van der Waals surface area contributed by atoms with E-state index in [-0.39, 0.29) is 11.9 Å². The fourth-order valence-electron chi connectivity index (χ4n) is 3.35. The number of sulfonamides is 1. The van der Waals surface area contributed by atoms with Gasteiger partial charge in [0.15, 0.2) is 11.9 Å². The van der Waals surface area contributed by atoms with E-state index in [9.17, 15) is 8.42 Å². The molecule has 7 heteroatoms. The number of benzene rings is 2. The first kappa shape index (κ1) is 16.2. The van der Waals surface area contributed by atoms with Crippen molar-refractivity contribution < 1.29 is 17.9 Å². The predicted molar refractivity (Wildman–Crippen MR) is 96.9 cm³/mol. The van der Waals surface area contributed by atoms with Crippen LogP contribution in [0, 0.1) is 0 Å². The van der Waals surface area contributed by atoms with Gasteiger partial charge in [0, 0.05) is 13.1 Å². The molecule has 132 valence electrons. The highest BCUT2D eigenvalue weighted by molar-refractivity contribution is 7.90. The molecule has 1 fully saturated rings. The summed E-state index contributed by atoms with van der Waals surface area (Å²) in [5.41, 5.74) is 0. The second-order valence-corrected chi connectivity index (χ2v) is 8.10. The van der Waals surface area contributed by atoms with E-state index < -0.39 is 10.0 Å². The average Bonchev–Trinajstić information content (AvgIpc) is 2.61. The first-order chi connectivity index (χ1) is 12.0. The Hall–Kier alpha value is -2.28. The summed E-state index contributed by atoms with van der Waals surface area (Å²) in [7, 11) is -1.73. The van der Waals surface area contributed by atoms with Gasteiger partial charge in [0.25, 0.3) is 10.0 Å². The Kier molecular flexibility index (Phi) is 4.03. The molecule has 2 aromatic rings. The summed E-state index contributed by atoms with van der Waals surface area (Å²) in [5.74, 6) is 2.12. The molecule has 1 atom stereocenters. The van der Waals surface area contributed by atoms with Crippen LogP contribution in [-0.4, -0.2) is 51.2 Å². The molecule has 0 radical (unpaired) electrons. The van der Waals surface area contributed by atoms with E-state index in [2.05, 4.69) is 4.40 Å².